The molecular formula is C10H16O2. The third-order valence-corrected chi connectivity index (χ3v) is 2.42. The van der Waals surface area contributed by atoms with Crippen LogP contribution in [0.1, 0.15) is 32.1 Å². The minimum atomic E-state index is 0.0812. The molecule has 0 aromatic heterocycles. The van der Waals surface area contributed by atoms with Crippen molar-refractivity contribution in [1.29, 1.82) is 0 Å². The first-order valence-electron chi connectivity index (χ1n) is 4.89. The van der Waals surface area contributed by atoms with E-state index >= 15 is 0 Å². The lowest BCUT2D eigenvalue weighted by Gasteiger charge is -2.20. The van der Waals surface area contributed by atoms with Crippen molar-refractivity contribution in [2.45, 2.75) is 44.5 Å². The molecule has 0 N–H and O–H groups in total. The van der Waals surface area contributed by atoms with Gasteiger partial charge in [0, 0.05) is 13.0 Å². The smallest absolute Gasteiger partial charge is 0.158 e. The minimum Gasteiger partial charge on any atom is -0.353 e. The SMILES string of the molecule is C1=C[C@H](O[C@@H]2CCCO2)CCC1. The molecule has 1 aliphatic carbocycles. The Labute approximate surface area is 73.5 Å². The maximum Gasteiger partial charge on any atom is 0.158 e. The summed E-state index contributed by atoms with van der Waals surface area (Å²) in [5.74, 6) is 0. The lowest BCUT2D eigenvalue weighted by Crippen LogP contribution is -2.20. The van der Waals surface area contributed by atoms with Crippen molar-refractivity contribution in [3.05, 3.63) is 12.2 Å². The molecule has 0 spiro atoms. The van der Waals surface area contributed by atoms with Crippen molar-refractivity contribution in [1.82, 2.24) is 0 Å². The van der Waals surface area contributed by atoms with Crippen LogP contribution in [0.15, 0.2) is 12.2 Å². The van der Waals surface area contributed by atoms with E-state index in [1.165, 1.54) is 12.8 Å². The first-order valence-corrected chi connectivity index (χ1v) is 4.89. The van der Waals surface area contributed by atoms with Crippen molar-refractivity contribution in [2.24, 2.45) is 0 Å². The standard InChI is InChI=1S/C10H16O2/c1-2-5-9(6-3-1)12-10-7-4-8-11-10/h2,5,9-10H,1,3-4,6-8H2/t9-,10+/m0/s1. The van der Waals surface area contributed by atoms with Crippen LogP contribution in [-0.4, -0.2) is 19.0 Å². The lowest BCUT2D eigenvalue weighted by atomic mass is 10.1. The minimum absolute atomic E-state index is 0.0812. The quantitative estimate of drug-likeness (QED) is 0.589. The van der Waals surface area contributed by atoms with Crippen LogP contribution in [0.5, 0.6) is 0 Å². The van der Waals surface area contributed by atoms with Crippen LogP contribution in [0.3, 0.4) is 0 Å². The Morgan fingerprint density at radius 2 is 2.25 bits per heavy atom. The fourth-order valence-electron chi connectivity index (χ4n) is 1.74. The van der Waals surface area contributed by atoms with Gasteiger partial charge in [-0.15, -0.1) is 0 Å². The number of rotatable bonds is 2. The van der Waals surface area contributed by atoms with Gasteiger partial charge in [-0.05, 0) is 25.7 Å². The van der Waals surface area contributed by atoms with Gasteiger partial charge in [0.1, 0.15) is 0 Å². The average Bonchev–Trinajstić information content (AvgIpc) is 2.59. The monoisotopic (exact) mass is 168 g/mol. The van der Waals surface area contributed by atoms with E-state index in [9.17, 15) is 0 Å². The molecule has 2 nitrogen and oxygen atoms in total. The van der Waals surface area contributed by atoms with Crippen molar-refractivity contribution >= 4 is 0 Å². The highest BCUT2D eigenvalue weighted by Crippen LogP contribution is 2.20. The van der Waals surface area contributed by atoms with Crippen LogP contribution in [-0.2, 0) is 9.47 Å². The van der Waals surface area contributed by atoms with E-state index in [1.807, 2.05) is 0 Å². The van der Waals surface area contributed by atoms with Gasteiger partial charge in [-0.1, -0.05) is 12.2 Å². The molecule has 0 saturated carbocycles. The molecule has 0 unspecified atom stereocenters. The summed E-state index contributed by atoms with van der Waals surface area (Å²) in [5, 5.41) is 0. The van der Waals surface area contributed by atoms with Crippen LogP contribution in [0, 0.1) is 0 Å². The van der Waals surface area contributed by atoms with Crippen LogP contribution < -0.4 is 0 Å². The summed E-state index contributed by atoms with van der Waals surface area (Å²) in [4.78, 5) is 0. The molecule has 1 heterocycles. The molecule has 12 heavy (non-hydrogen) atoms. The molecule has 0 radical (unpaired) electrons. The second kappa shape index (κ2) is 4.06. The lowest BCUT2D eigenvalue weighted by molar-refractivity contribution is -0.133. The fourth-order valence-corrected chi connectivity index (χ4v) is 1.74. The molecule has 0 aromatic carbocycles. The maximum atomic E-state index is 5.74. The number of hydrogen-bond acceptors (Lipinski definition) is 2. The Kier molecular flexibility index (Phi) is 2.79. The number of allylic oxidation sites excluding steroid dienone is 1. The van der Waals surface area contributed by atoms with Gasteiger partial charge in [0.15, 0.2) is 6.29 Å². The van der Waals surface area contributed by atoms with Crippen LogP contribution in [0.25, 0.3) is 0 Å². The molecule has 0 aromatic rings. The summed E-state index contributed by atoms with van der Waals surface area (Å²) in [6.07, 6.45) is 10.6. The third-order valence-electron chi connectivity index (χ3n) is 2.42. The van der Waals surface area contributed by atoms with Crippen molar-refractivity contribution in [2.75, 3.05) is 6.61 Å². The fraction of sp³-hybridized carbons (Fsp3) is 0.800. The van der Waals surface area contributed by atoms with Gasteiger partial charge in [0.05, 0.1) is 6.10 Å². The average molecular weight is 168 g/mol. The maximum absolute atomic E-state index is 5.74. The van der Waals surface area contributed by atoms with E-state index in [0.717, 1.165) is 25.9 Å². The summed E-state index contributed by atoms with van der Waals surface area (Å²) < 4.78 is 11.1. The molecule has 2 rings (SSSR count). The van der Waals surface area contributed by atoms with Crippen molar-refractivity contribution in [3.8, 4) is 0 Å². The van der Waals surface area contributed by atoms with Gasteiger partial charge >= 0.3 is 0 Å². The van der Waals surface area contributed by atoms with E-state index in [2.05, 4.69) is 12.2 Å². The third kappa shape index (κ3) is 2.08. The summed E-state index contributed by atoms with van der Waals surface area (Å²) in [5.41, 5.74) is 0. The summed E-state index contributed by atoms with van der Waals surface area (Å²) >= 11 is 0. The van der Waals surface area contributed by atoms with Crippen molar-refractivity contribution in [3.63, 3.8) is 0 Å². The summed E-state index contributed by atoms with van der Waals surface area (Å²) in [6.45, 7) is 0.876. The number of hydrogen-bond donors (Lipinski definition) is 0. The molecule has 0 amide bonds. The predicted octanol–water partition coefficient (Wildman–Crippen LogP) is 2.25. The first-order chi connectivity index (χ1) is 5.95. The van der Waals surface area contributed by atoms with Crippen LogP contribution in [0.2, 0.25) is 0 Å². The second-order valence-electron chi connectivity index (χ2n) is 3.48. The van der Waals surface area contributed by atoms with E-state index in [1.54, 1.807) is 0 Å². The Morgan fingerprint density at radius 3 is 2.92 bits per heavy atom. The van der Waals surface area contributed by atoms with Crippen LogP contribution in [0.4, 0.5) is 0 Å². The van der Waals surface area contributed by atoms with E-state index in [0.29, 0.717) is 6.10 Å². The van der Waals surface area contributed by atoms with Gasteiger partial charge in [0.2, 0.25) is 0 Å². The molecule has 0 bridgehead atoms. The van der Waals surface area contributed by atoms with Crippen molar-refractivity contribution < 1.29 is 9.47 Å². The molecule has 2 atom stereocenters. The van der Waals surface area contributed by atoms with Gasteiger partial charge in [0.25, 0.3) is 0 Å². The van der Waals surface area contributed by atoms with E-state index in [4.69, 9.17) is 9.47 Å². The Bertz CT molecular complexity index is 159. The Balaban J connectivity index is 1.77. The molecule has 1 fully saturated rings. The second-order valence-corrected chi connectivity index (χ2v) is 3.48. The molecule has 2 aliphatic rings. The molecule has 68 valence electrons. The largest absolute Gasteiger partial charge is 0.353 e. The number of ether oxygens (including phenoxy) is 2. The first kappa shape index (κ1) is 8.27. The molecular weight excluding hydrogens is 152 g/mol. The van der Waals surface area contributed by atoms with Gasteiger partial charge < -0.3 is 9.47 Å². The zero-order valence-electron chi connectivity index (χ0n) is 7.37. The highest BCUT2D eigenvalue weighted by Gasteiger charge is 2.20. The highest BCUT2D eigenvalue weighted by molar-refractivity contribution is 4.94. The van der Waals surface area contributed by atoms with Gasteiger partial charge in [-0.3, -0.25) is 0 Å². The van der Waals surface area contributed by atoms with Crippen LogP contribution >= 0.6 is 0 Å². The van der Waals surface area contributed by atoms with E-state index < -0.39 is 0 Å². The Morgan fingerprint density at radius 1 is 1.25 bits per heavy atom. The normalized spacial score (nSPS) is 35.7. The Hall–Kier alpha value is -0.340. The van der Waals surface area contributed by atoms with Gasteiger partial charge in [-0.2, -0.15) is 0 Å². The predicted molar refractivity (Wildman–Crippen MR) is 46.8 cm³/mol. The summed E-state index contributed by atoms with van der Waals surface area (Å²) in [6, 6.07) is 0. The van der Waals surface area contributed by atoms with Gasteiger partial charge in [-0.25, -0.2) is 0 Å². The molecule has 1 aliphatic heterocycles. The molecule has 1 saturated heterocycles. The molecule has 2 heteroatoms. The zero-order chi connectivity index (χ0) is 8.23. The zero-order valence-corrected chi connectivity index (χ0v) is 7.37. The highest BCUT2D eigenvalue weighted by atomic mass is 16.7. The van der Waals surface area contributed by atoms with E-state index in [-0.39, 0.29) is 6.29 Å². The summed E-state index contributed by atoms with van der Waals surface area (Å²) in [7, 11) is 0. The topological polar surface area (TPSA) is 18.5 Å².